The summed E-state index contributed by atoms with van der Waals surface area (Å²) in [6.45, 7) is 1.95. The summed E-state index contributed by atoms with van der Waals surface area (Å²) >= 11 is 0. The van der Waals surface area contributed by atoms with E-state index in [9.17, 15) is 8.42 Å². The van der Waals surface area contributed by atoms with Crippen LogP contribution in [0.5, 0.6) is 0 Å². The summed E-state index contributed by atoms with van der Waals surface area (Å²) in [5.74, 6) is 1.08. The molecule has 5 nitrogen and oxygen atoms in total. The van der Waals surface area contributed by atoms with E-state index in [1.54, 1.807) is 12.3 Å². The van der Waals surface area contributed by atoms with Crippen LogP contribution in [0.3, 0.4) is 0 Å². The first kappa shape index (κ1) is 16.4. The maximum absolute atomic E-state index is 11.5. The zero-order valence-electron chi connectivity index (χ0n) is 14.0. The van der Waals surface area contributed by atoms with E-state index >= 15 is 0 Å². The van der Waals surface area contributed by atoms with E-state index in [1.807, 2.05) is 12.1 Å². The van der Waals surface area contributed by atoms with E-state index in [-0.39, 0.29) is 11.8 Å². The lowest BCUT2D eigenvalue weighted by Gasteiger charge is -2.35. The van der Waals surface area contributed by atoms with Gasteiger partial charge >= 0.3 is 0 Å². The number of sulfone groups is 1. The Bertz CT molecular complexity index is 833. The predicted molar refractivity (Wildman–Crippen MR) is 99.2 cm³/mol. The van der Waals surface area contributed by atoms with Crippen LogP contribution >= 0.6 is 0 Å². The zero-order chi connectivity index (χ0) is 17.3. The average molecular weight is 358 g/mol. The lowest BCUT2D eigenvalue weighted by Crippen LogP contribution is -2.46. The van der Waals surface area contributed by atoms with Crippen LogP contribution in [0.2, 0.25) is 0 Å². The molecule has 0 bridgehead atoms. The molecule has 25 heavy (non-hydrogen) atoms. The molecule has 0 saturated carbocycles. The molecule has 6 heteroatoms. The summed E-state index contributed by atoms with van der Waals surface area (Å²) in [7, 11) is -2.98. The zero-order valence-corrected chi connectivity index (χ0v) is 14.8. The highest BCUT2D eigenvalue weighted by molar-refractivity contribution is 7.94. The summed E-state index contributed by atoms with van der Waals surface area (Å²) in [5, 5.41) is 4.80. The fourth-order valence-corrected chi connectivity index (χ4v) is 4.81. The molecule has 1 N–H and O–H groups in total. The summed E-state index contributed by atoms with van der Waals surface area (Å²) in [5.41, 5.74) is 2.30. The Hall–Kier alpha value is -2.05. The number of nitrogens with zero attached hydrogens (tertiary/aromatic N) is 1. The van der Waals surface area contributed by atoms with Crippen molar-refractivity contribution in [1.82, 2.24) is 5.32 Å². The molecule has 1 fully saturated rings. The minimum Gasteiger partial charge on any atom is -0.464 e. The Morgan fingerprint density at radius 2 is 1.84 bits per heavy atom. The minimum absolute atomic E-state index is 0.0332. The van der Waals surface area contributed by atoms with Crippen molar-refractivity contribution in [3.63, 3.8) is 0 Å². The van der Waals surface area contributed by atoms with Gasteiger partial charge in [0, 0.05) is 41.8 Å². The van der Waals surface area contributed by atoms with Gasteiger partial charge in [0.05, 0.1) is 12.0 Å². The molecule has 3 heterocycles. The number of nitrogens with one attached hydrogen (secondary N) is 1. The lowest BCUT2D eigenvalue weighted by molar-refractivity contribution is 0.401. The SMILES string of the molecule is O=S1(=O)C=C[C@@H](NC2CCN(c3ccc(-c4ccco4)cc3)CC2)C1. The number of furan rings is 1. The van der Waals surface area contributed by atoms with E-state index in [0.29, 0.717) is 6.04 Å². The molecule has 0 unspecified atom stereocenters. The van der Waals surface area contributed by atoms with Crippen molar-refractivity contribution < 1.29 is 12.8 Å². The molecule has 0 spiro atoms. The molecule has 2 aliphatic rings. The van der Waals surface area contributed by atoms with Gasteiger partial charge in [0.15, 0.2) is 9.84 Å². The average Bonchev–Trinajstić information content (AvgIpc) is 3.26. The Morgan fingerprint density at radius 1 is 1.08 bits per heavy atom. The molecule has 2 aromatic rings. The molecule has 1 aromatic heterocycles. The Kier molecular flexibility index (Phi) is 4.39. The van der Waals surface area contributed by atoms with Gasteiger partial charge in [-0.05, 0) is 49.2 Å². The Balaban J connectivity index is 1.32. The number of benzene rings is 1. The molecule has 4 rings (SSSR count). The molecule has 1 saturated heterocycles. The quantitative estimate of drug-likeness (QED) is 0.911. The van der Waals surface area contributed by atoms with Crippen molar-refractivity contribution in [2.24, 2.45) is 0 Å². The predicted octanol–water partition coefficient (Wildman–Crippen LogP) is 2.82. The lowest BCUT2D eigenvalue weighted by atomic mass is 10.0. The van der Waals surface area contributed by atoms with Gasteiger partial charge in [-0.15, -0.1) is 0 Å². The van der Waals surface area contributed by atoms with Crippen LogP contribution in [0.1, 0.15) is 12.8 Å². The highest BCUT2D eigenvalue weighted by Crippen LogP contribution is 2.25. The highest BCUT2D eigenvalue weighted by Gasteiger charge is 2.26. The summed E-state index contributed by atoms with van der Waals surface area (Å²) < 4.78 is 28.4. The van der Waals surface area contributed by atoms with Gasteiger partial charge in [-0.3, -0.25) is 0 Å². The highest BCUT2D eigenvalue weighted by atomic mass is 32.2. The standard InChI is InChI=1S/C19H22N2O3S/c22-25(23)13-9-17(14-25)20-16-7-10-21(11-8-16)18-5-3-15(4-6-18)19-2-1-12-24-19/h1-6,9,12-13,16-17,20H,7-8,10-11,14H2/t17-/m1/s1. The van der Waals surface area contributed by atoms with Crippen molar-refractivity contribution in [2.45, 2.75) is 24.9 Å². The fourth-order valence-electron chi connectivity index (χ4n) is 3.57. The number of piperidine rings is 1. The summed E-state index contributed by atoms with van der Waals surface area (Å²) in [6, 6.07) is 12.7. The van der Waals surface area contributed by atoms with Crippen LogP contribution < -0.4 is 10.2 Å². The van der Waals surface area contributed by atoms with E-state index in [4.69, 9.17) is 4.42 Å². The van der Waals surface area contributed by atoms with Gasteiger partial charge in [-0.25, -0.2) is 8.42 Å². The smallest absolute Gasteiger partial charge is 0.173 e. The van der Waals surface area contributed by atoms with Crippen molar-refractivity contribution >= 4 is 15.5 Å². The number of hydrogen-bond acceptors (Lipinski definition) is 5. The van der Waals surface area contributed by atoms with E-state index in [0.717, 1.165) is 37.3 Å². The minimum atomic E-state index is -2.98. The van der Waals surface area contributed by atoms with E-state index < -0.39 is 9.84 Å². The monoisotopic (exact) mass is 358 g/mol. The van der Waals surface area contributed by atoms with Gasteiger partial charge in [-0.1, -0.05) is 6.08 Å². The second-order valence-electron chi connectivity index (χ2n) is 6.72. The topological polar surface area (TPSA) is 62.6 Å². The van der Waals surface area contributed by atoms with Gasteiger partial charge in [0.25, 0.3) is 0 Å². The van der Waals surface area contributed by atoms with Crippen molar-refractivity contribution in [1.29, 1.82) is 0 Å². The maximum Gasteiger partial charge on any atom is 0.173 e. The van der Waals surface area contributed by atoms with Crippen LogP contribution in [-0.4, -0.2) is 39.3 Å². The summed E-state index contributed by atoms with van der Waals surface area (Å²) in [4.78, 5) is 2.38. The second-order valence-corrected chi connectivity index (χ2v) is 8.65. The first-order valence-corrected chi connectivity index (χ1v) is 10.4. The largest absolute Gasteiger partial charge is 0.464 e. The molecule has 2 aliphatic heterocycles. The van der Waals surface area contributed by atoms with Gasteiger partial charge in [0.1, 0.15) is 5.76 Å². The third-order valence-electron chi connectivity index (χ3n) is 4.91. The number of hydrogen-bond donors (Lipinski definition) is 1. The van der Waals surface area contributed by atoms with Crippen LogP contribution in [-0.2, 0) is 9.84 Å². The molecular weight excluding hydrogens is 336 g/mol. The van der Waals surface area contributed by atoms with Gasteiger partial charge in [0.2, 0.25) is 0 Å². The molecule has 0 amide bonds. The first-order chi connectivity index (χ1) is 12.1. The number of anilines is 1. The molecule has 0 aliphatic carbocycles. The Morgan fingerprint density at radius 3 is 2.44 bits per heavy atom. The fraction of sp³-hybridized carbons (Fsp3) is 0.368. The van der Waals surface area contributed by atoms with Crippen molar-refractivity contribution in [2.75, 3.05) is 23.7 Å². The van der Waals surface area contributed by atoms with E-state index in [1.165, 1.54) is 11.1 Å². The summed E-state index contributed by atoms with van der Waals surface area (Å²) in [6.07, 6.45) is 5.50. The van der Waals surface area contributed by atoms with Crippen LogP contribution in [0.15, 0.2) is 58.6 Å². The van der Waals surface area contributed by atoms with E-state index in [2.05, 4.69) is 34.5 Å². The van der Waals surface area contributed by atoms with Crippen molar-refractivity contribution in [3.8, 4) is 11.3 Å². The second kappa shape index (κ2) is 6.69. The first-order valence-electron chi connectivity index (χ1n) is 8.65. The van der Waals surface area contributed by atoms with Crippen LogP contribution in [0.25, 0.3) is 11.3 Å². The third kappa shape index (κ3) is 3.80. The molecule has 0 radical (unpaired) electrons. The molecule has 1 aromatic carbocycles. The van der Waals surface area contributed by atoms with Gasteiger partial charge in [-0.2, -0.15) is 0 Å². The van der Waals surface area contributed by atoms with Crippen LogP contribution in [0, 0.1) is 0 Å². The Labute approximate surface area is 148 Å². The molecular formula is C19H22N2O3S. The molecule has 1 atom stereocenters. The molecule has 132 valence electrons. The number of rotatable bonds is 4. The van der Waals surface area contributed by atoms with Crippen molar-refractivity contribution in [3.05, 3.63) is 54.1 Å². The third-order valence-corrected chi connectivity index (χ3v) is 6.31. The van der Waals surface area contributed by atoms with Gasteiger partial charge < -0.3 is 14.6 Å². The maximum atomic E-state index is 11.5. The van der Waals surface area contributed by atoms with Crippen LogP contribution in [0.4, 0.5) is 5.69 Å². The normalized spacial score (nSPS) is 23.2.